The molecule has 2 saturated carbocycles. The topological polar surface area (TPSA) is 52.1 Å². The zero-order valence-electron chi connectivity index (χ0n) is 28.1. The fourth-order valence-corrected chi connectivity index (χ4v) is 7.28. The van der Waals surface area contributed by atoms with Crippen molar-refractivity contribution in [3.05, 3.63) is 145 Å². The average molecular weight is 637 g/mol. The second-order valence-corrected chi connectivity index (χ2v) is 13.1. The molecular formula is C44H48N2O2. The molecule has 4 nitrogen and oxygen atoms in total. The summed E-state index contributed by atoms with van der Waals surface area (Å²) in [6.45, 7) is 0. The van der Waals surface area contributed by atoms with Gasteiger partial charge in [-0.2, -0.15) is 0 Å². The van der Waals surface area contributed by atoms with Crippen LogP contribution in [0, 0.1) is 11.8 Å². The number of nitrogens with zero attached hydrogens (tertiary/aromatic N) is 2. The summed E-state index contributed by atoms with van der Waals surface area (Å²) in [4.78, 5) is 3.95. The molecule has 10 rings (SSSR count). The Hall–Kier alpha value is -4.70. The van der Waals surface area contributed by atoms with Crippen molar-refractivity contribution >= 4 is 32.8 Å². The van der Waals surface area contributed by atoms with Gasteiger partial charge in [0.1, 0.15) is 17.3 Å². The van der Waals surface area contributed by atoms with Crippen molar-refractivity contribution in [2.45, 2.75) is 77.0 Å². The van der Waals surface area contributed by atoms with E-state index < -0.39 is 0 Å². The minimum atomic E-state index is 0.845. The minimum absolute atomic E-state index is 0.845. The number of hydrogen-bond acceptors (Lipinski definition) is 4. The maximum atomic E-state index is 5.01. The van der Waals surface area contributed by atoms with Crippen LogP contribution in [0.5, 0.6) is 0 Å². The van der Waals surface area contributed by atoms with Gasteiger partial charge >= 0.3 is 0 Å². The molecule has 0 amide bonds. The van der Waals surface area contributed by atoms with E-state index in [2.05, 4.69) is 82.9 Å². The first-order valence-electron chi connectivity index (χ1n) is 17.9. The third-order valence-corrected chi connectivity index (χ3v) is 9.89. The second kappa shape index (κ2) is 18.0. The Balaban J connectivity index is 0.000000105. The zero-order valence-corrected chi connectivity index (χ0v) is 28.1. The largest absolute Gasteiger partial charge is 0.443 e. The summed E-state index contributed by atoms with van der Waals surface area (Å²) in [5, 5.41) is 7.42. The molecule has 0 saturated heterocycles. The van der Waals surface area contributed by atoms with Crippen molar-refractivity contribution in [2.75, 3.05) is 0 Å². The number of rotatable bonds is 0. The Morgan fingerprint density at radius 2 is 0.917 bits per heavy atom. The van der Waals surface area contributed by atoms with Crippen LogP contribution in [0.25, 0.3) is 32.8 Å². The summed E-state index contributed by atoms with van der Waals surface area (Å²) in [7, 11) is 0. The highest BCUT2D eigenvalue weighted by atomic mass is 16.5. The van der Waals surface area contributed by atoms with Crippen LogP contribution in [-0.4, -0.2) is 10.1 Å². The van der Waals surface area contributed by atoms with Crippen molar-refractivity contribution < 1.29 is 8.94 Å². The lowest BCUT2D eigenvalue weighted by Crippen LogP contribution is -2.22. The number of fused-ring (bicyclic) bond motifs is 5. The molecular weight excluding hydrogens is 588 g/mol. The van der Waals surface area contributed by atoms with E-state index in [1.807, 2.05) is 48.5 Å². The van der Waals surface area contributed by atoms with Crippen LogP contribution < -0.4 is 0 Å². The molecule has 4 heteroatoms. The molecule has 0 radical (unpaired) electrons. The average Bonchev–Trinajstić information content (AvgIpc) is 3.87. The summed E-state index contributed by atoms with van der Waals surface area (Å²) in [6.07, 6.45) is 20.8. The van der Waals surface area contributed by atoms with Gasteiger partial charge in [0.2, 0.25) is 0 Å². The van der Waals surface area contributed by atoms with Gasteiger partial charge < -0.3 is 8.94 Å². The molecule has 5 aromatic carbocycles. The molecule has 0 aliphatic heterocycles. The van der Waals surface area contributed by atoms with Gasteiger partial charge in [-0.3, -0.25) is 0 Å². The van der Waals surface area contributed by atoms with Crippen molar-refractivity contribution in [1.29, 1.82) is 0 Å². The maximum absolute atomic E-state index is 5.01. The molecule has 3 aliphatic rings. The quantitative estimate of drug-likeness (QED) is 0.166. The summed E-state index contributed by atoms with van der Waals surface area (Å²) in [6, 6.07) is 41.0. The summed E-state index contributed by atoms with van der Waals surface area (Å²) in [5.41, 5.74) is 5.83. The van der Waals surface area contributed by atoms with E-state index in [-0.39, 0.29) is 0 Å². The third-order valence-electron chi connectivity index (χ3n) is 9.89. The van der Waals surface area contributed by atoms with Gasteiger partial charge in [0.25, 0.3) is 0 Å². The van der Waals surface area contributed by atoms with E-state index in [4.69, 9.17) is 8.94 Å². The Morgan fingerprint density at radius 1 is 0.458 bits per heavy atom. The summed E-state index contributed by atoms with van der Waals surface area (Å²) < 4.78 is 9.72. The number of benzene rings is 5. The molecule has 0 unspecified atom stereocenters. The fraction of sp³-hybridized carbons (Fsp3) is 0.318. The summed E-state index contributed by atoms with van der Waals surface area (Å²) in [5.74, 6) is 2.31. The molecule has 0 atom stereocenters. The van der Waals surface area contributed by atoms with Crippen molar-refractivity contribution in [3.8, 4) is 0 Å². The lowest BCUT2D eigenvalue weighted by Gasteiger charge is -2.35. The van der Waals surface area contributed by atoms with E-state index >= 15 is 0 Å². The van der Waals surface area contributed by atoms with E-state index in [0.717, 1.165) is 33.8 Å². The fourth-order valence-electron chi connectivity index (χ4n) is 7.28. The Bertz CT molecular complexity index is 1700. The van der Waals surface area contributed by atoms with E-state index in [0.29, 0.717) is 0 Å². The lowest BCUT2D eigenvalue weighted by atomic mass is 9.71. The third kappa shape index (κ3) is 9.67. The number of aryl methyl sites for hydroxylation is 2. The van der Waals surface area contributed by atoms with Crippen LogP contribution in [0.2, 0.25) is 0 Å². The molecule has 2 heterocycles. The number of oxazole rings is 1. The van der Waals surface area contributed by atoms with Gasteiger partial charge in [0.05, 0.1) is 0 Å². The van der Waals surface area contributed by atoms with E-state index in [1.54, 1.807) is 43.1 Å². The number of hydrogen-bond donors (Lipinski definition) is 0. The lowest BCUT2D eigenvalue weighted by molar-refractivity contribution is 0.171. The van der Waals surface area contributed by atoms with Crippen LogP contribution in [0.4, 0.5) is 0 Å². The molecule has 2 aromatic heterocycles. The highest BCUT2D eigenvalue weighted by Crippen LogP contribution is 2.40. The summed E-state index contributed by atoms with van der Waals surface area (Å²) >= 11 is 0. The maximum Gasteiger partial charge on any atom is 0.181 e. The van der Waals surface area contributed by atoms with E-state index in [9.17, 15) is 0 Å². The highest BCUT2D eigenvalue weighted by Gasteiger charge is 2.26. The Morgan fingerprint density at radius 3 is 1.44 bits per heavy atom. The second-order valence-electron chi connectivity index (χ2n) is 13.1. The first-order valence-corrected chi connectivity index (χ1v) is 17.9. The minimum Gasteiger partial charge on any atom is -0.443 e. The molecule has 3 aliphatic carbocycles. The van der Waals surface area contributed by atoms with Crippen LogP contribution in [-0.2, 0) is 12.8 Å². The van der Waals surface area contributed by atoms with Gasteiger partial charge in [0, 0.05) is 5.39 Å². The van der Waals surface area contributed by atoms with Crippen molar-refractivity contribution in [1.82, 2.24) is 10.1 Å². The van der Waals surface area contributed by atoms with Crippen LogP contribution in [0.15, 0.2) is 143 Å². The SMILES string of the molecule is C1CCC2CCCCC2C1.c1ccc2c(c1)CCCC2.c1ccc2ccccc2c1.c1ccc2nocc2c1.c1ccc2ocnc2c1. The van der Waals surface area contributed by atoms with Gasteiger partial charge in [0.15, 0.2) is 12.0 Å². The number of para-hydroxylation sites is 2. The Labute approximate surface area is 285 Å². The van der Waals surface area contributed by atoms with Crippen molar-refractivity contribution in [2.24, 2.45) is 11.8 Å². The molecule has 0 spiro atoms. The molecule has 0 bridgehead atoms. The van der Waals surface area contributed by atoms with Gasteiger partial charge in [-0.05, 0) is 83.7 Å². The monoisotopic (exact) mass is 636 g/mol. The normalized spacial score (nSPS) is 17.8. The van der Waals surface area contributed by atoms with Crippen LogP contribution >= 0.6 is 0 Å². The standard InChI is InChI=1S/C10H18.C10H12.C10H8.2C7H5NO/c3*1-2-6-10-8-4-3-7-9(10)5-1;1-2-4-7-6(3-1)8-5-9-7;1-2-4-7-6(3-1)5-9-8-7/h9-10H,1-8H2;1-2,5-6H,3-4,7-8H2;1-8H;2*1-5H. The van der Waals surface area contributed by atoms with E-state index in [1.165, 1.54) is 68.5 Å². The predicted octanol–water partition coefficient (Wildman–Crippen LogP) is 12.4. The highest BCUT2D eigenvalue weighted by molar-refractivity contribution is 5.82. The molecule has 246 valence electrons. The Kier molecular flexibility index (Phi) is 12.5. The smallest absolute Gasteiger partial charge is 0.181 e. The van der Waals surface area contributed by atoms with Gasteiger partial charge in [-0.1, -0.05) is 154 Å². The first kappa shape index (κ1) is 33.2. The van der Waals surface area contributed by atoms with Crippen molar-refractivity contribution in [3.63, 3.8) is 0 Å². The zero-order chi connectivity index (χ0) is 32.6. The van der Waals surface area contributed by atoms with Crippen LogP contribution in [0.3, 0.4) is 0 Å². The molecule has 7 aromatic rings. The van der Waals surface area contributed by atoms with Gasteiger partial charge in [-0.15, -0.1) is 0 Å². The molecule has 0 N–H and O–H groups in total. The molecule has 2 fully saturated rings. The number of aromatic nitrogens is 2. The van der Waals surface area contributed by atoms with Crippen LogP contribution in [0.1, 0.15) is 75.3 Å². The first-order chi connectivity index (χ1) is 23.8. The van der Waals surface area contributed by atoms with Gasteiger partial charge in [-0.25, -0.2) is 4.98 Å². The predicted molar refractivity (Wildman–Crippen MR) is 199 cm³/mol. The molecule has 48 heavy (non-hydrogen) atoms.